The maximum atomic E-state index is 15.5. The van der Waals surface area contributed by atoms with Crippen LogP contribution in [0.4, 0.5) is 23.4 Å². The molecule has 2 saturated heterocycles. The molecule has 14 heteroatoms. The fourth-order valence-corrected chi connectivity index (χ4v) is 6.28. The molecule has 3 N–H and O–H groups in total. The van der Waals surface area contributed by atoms with E-state index < -0.39 is 23.7 Å². The Hall–Kier alpha value is -4.14. The second-order valence-corrected chi connectivity index (χ2v) is 12.5. The van der Waals surface area contributed by atoms with Crippen molar-refractivity contribution in [1.29, 1.82) is 0 Å². The van der Waals surface area contributed by atoms with Crippen LogP contribution >= 0.6 is 0 Å². The van der Waals surface area contributed by atoms with Gasteiger partial charge in [0.15, 0.2) is 5.82 Å². The van der Waals surface area contributed by atoms with Gasteiger partial charge in [0.2, 0.25) is 5.88 Å². The van der Waals surface area contributed by atoms with Crippen molar-refractivity contribution < 1.29 is 36.6 Å². The average Bonchev–Trinajstić information content (AvgIpc) is 3.05. The highest BCUT2D eigenvalue weighted by Crippen LogP contribution is 2.34. The van der Waals surface area contributed by atoms with Crippen LogP contribution in [0.25, 0.3) is 23.2 Å². The summed E-state index contributed by atoms with van der Waals surface area (Å²) in [7, 11) is 0. The van der Waals surface area contributed by atoms with E-state index in [1.165, 1.54) is 55.9 Å². The molecule has 3 fully saturated rings. The summed E-state index contributed by atoms with van der Waals surface area (Å²) >= 11 is 0. The van der Waals surface area contributed by atoms with Crippen molar-refractivity contribution >= 4 is 23.7 Å². The van der Waals surface area contributed by atoms with Crippen LogP contribution in [-0.2, 0) is 9.53 Å². The van der Waals surface area contributed by atoms with E-state index in [0.717, 1.165) is 63.8 Å². The number of rotatable bonds is 10. The number of piperidine rings is 2. The number of likely N-dealkylation sites (tertiary alicyclic amines) is 1. The van der Waals surface area contributed by atoms with E-state index in [9.17, 15) is 18.0 Å². The summed E-state index contributed by atoms with van der Waals surface area (Å²) in [5, 5.41) is 11.1. The minimum absolute atomic E-state index is 0.00268. The zero-order valence-corrected chi connectivity index (χ0v) is 26.3. The lowest BCUT2D eigenvalue weighted by atomic mass is 9.91. The van der Waals surface area contributed by atoms with Gasteiger partial charge in [0.25, 0.3) is 0 Å². The molecule has 0 spiro atoms. The highest BCUT2D eigenvalue weighted by molar-refractivity contribution is 5.84. The van der Waals surface area contributed by atoms with Crippen LogP contribution < -0.4 is 20.5 Å². The highest BCUT2D eigenvalue weighted by atomic mass is 19.4. The summed E-state index contributed by atoms with van der Waals surface area (Å²) in [6.45, 7) is 5.60. The summed E-state index contributed by atoms with van der Waals surface area (Å²) in [5.74, 6) is -2.69. The Morgan fingerprint density at radius 1 is 1.00 bits per heavy atom. The number of alkyl halides is 3. The van der Waals surface area contributed by atoms with Gasteiger partial charge in [0.05, 0.1) is 23.5 Å². The number of ether oxygens (including phenoxy) is 3. The van der Waals surface area contributed by atoms with Crippen LogP contribution in [0.5, 0.6) is 11.6 Å². The number of carbonyl (C=O) groups excluding carboxylic acids is 1. The Morgan fingerprint density at radius 3 is 2.50 bits per heavy atom. The number of nitrogens with zero attached hydrogens (tertiary/aromatic N) is 4. The molecule has 2 aliphatic heterocycles. The van der Waals surface area contributed by atoms with E-state index in [2.05, 4.69) is 30.1 Å². The number of aromatic nitrogens is 3. The van der Waals surface area contributed by atoms with E-state index in [1.54, 1.807) is 12.1 Å². The zero-order valence-electron chi connectivity index (χ0n) is 26.3. The van der Waals surface area contributed by atoms with Crippen molar-refractivity contribution in [3.8, 4) is 22.9 Å². The van der Waals surface area contributed by atoms with Crippen molar-refractivity contribution in [2.75, 3.05) is 38.5 Å². The molecule has 256 valence electrons. The number of para-hydroxylation sites is 1. The van der Waals surface area contributed by atoms with Gasteiger partial charge in [-0.1, -0.05) is 12.1 Å². The lowest BCUT2D eigenvalue weighted by molar-refractivity contribution is -0.189. The molecule has 10 nitrogen and oxygen atoms in total. The third-order valence-electron chi connectivity index (χ3n) is 8.96. The molecule has 48 heavy (non-hydrogen) atoms. The number of halogens is 4. The van der Waals surface area contributed by atoms with Gasteiger partial charge in [0.1, 0.15) is 17.7 Å². The van der Waals surface area contributed by atoms with Crippen molar-refractivity contribution in [3.63, 3.8) is 0 Å². The van der Waals surface area contributed by atoms with Crippen molar-refractivity contribution in [1.82, 2.24) is 25.4 Å². The summed E-state index contributed by atoms with van der Waals surface area (Å²) in [6, 6.07) is 9.83. The lowest BCUT2D eigenvalue weighted by Gasteiger charge is -2.40. The summed E-state index contributed by atoms with van der Waals surface area (Å²) in [4.78, 5) is 18.3. The SMILES string of the molecule is Nc1nnc(-c2ccccc2OC(=O)C(F)(F)F)cc1C(F)=Cc1ccnc(OC2CC(OC3CCN(CC4CCNCC4)CC3)C2)c1. The van der Waals surface area contributed by atoms with Crippen LogP contribution in [0.1, 0.15) is 49.7 Å². The van der Waals surface area contributed by atoms with Gasteiger partial charge in [-0.3, -0.25) is 0 Å². The number of benzene rings is 1. The normalized spacial score (nSPS) is 21.5. The molecule has 6 rings (SSSR count). The third kappa shape index (κ3) is 8.65. The topological polar surface area (TPSA) is 125 Å². The quantitative estimate of drug-likeness (QED) is 0.164. The van der Waals surface area contributed by atoms with Crippen molar-refractivity contribution in [2.24, 2.45) is 5.92 Å². The van der Waals surface area contributed by atoms with Crippen LogP contribution in [0.3, 0.4) is 0 Å². The smallest absolute Gasteiger partial charge is 0.474 e. The van der Waals surface area contributed by atoms with Crippen LogP contribution in [0.15, 0.2) is 48.7 Å². The molecule has 1 aromatic carbocycles. The molecular weight excluding hydrogens is 632 g/mol. The minimum Gasteiger partial charge on any atom is -0.474 e. The van der Waals surface area contributed by atoms with Gasteiger partial charge in [-0.2, -0.15) is 13.2 Å². The van der Waals surface area contributed by atoms with Crippen LogP contribution in [-0.4, -0.2) is 83.3 Å². The Kier molecular flexibility index (Phi) is 10.5. The second kappa shape index (κ2) is 15.0. The van der Waals surface area contributed by atoms with Crippen molar-refractivity contribution in [2.45, 2.75) is 63.0 Å². The second-order valence-electron chi connectivity index (χ2n) is 12.5. The molecule has 0 amide bonds. The summed E-state index contributed by atoms with van der Waals surface area (Å²) < 4.78 is 70.8. The monoisotopic (exact) mass is 670 g/mol. The summed E-state index contributed by atoms with van der Waals surface area (Å²) in [6.07, 6.45) is 4.01. The minimum atomic E-state index is -5.20. The van der Waals surface area contributed by atoms with E-state index >= 15 is 4.39 Å². The molecule has 0 unspecified atom stereocenters. The Morgan fingerprint density at radius 2 is 1.75 bits per heavy atom. The van der Waals surface area contributed by atoms with Gasteiger partial charge in [-0.25, -0.2) is 14.2 Å². The number of nitrogens with two attached hydrogens (primary N) is 1. The lowest BCUT2D eigenvalue weighted by Crippen LogP contribution is -2.45. The van der Waals surface area contributed by atoms with E-state index in [0.29, 0.717) is 11.4 Å². The predicted molar refractivity (Wildman–Crippen MR) is 170 cm³/mol. The molecule has 4 heterocycles. The van der Waals surface area contributed by atoms with Crippen LogP contribution in [0, 0.1) is 5.92 Å². The van der Waals surface area contributed by atoms with Gasteiger partial charge in [0, 0.05) is 50.3 Å². The molecule has 1 aliphatic carbocycles. The number of esters is 1. The van der Waals surface area contributed by atoms with Crippen molar-refractivity contribution in [3.05, 3.63) is 59.8 Å². The fraction of sp³-hybridized carbons (Fsp3) is 0.471. The maximum absolute atomic E-state index is 15.5. The Labute approximate surface area is 275 Å². The van der Waals surface area contributed by atoms with Crippen LogP contribution in [0.2, 0.25) is 0 Å². The largest absolute Gasteiger partial charge is 0.491 e. The highest BCUT2D eigenvalue weighted by Gasteiger charge is 2.42. The van der Waals surface area contributed by atoms with Gasteiger partial charge >= 0.3 is 12.1 Å². The number of hydrogen-bond donors (Lipinski definition) is 2. The first kappa shape index (κ1) is 33.7. The summed E-state index contributed by atoms with van der Waals surface area (Å²) in [5.41, 5.74) is 6.15. The number of hydrogen-bond acceptors (Lipinski definition) is 10. The van der Waals surface area contributed by atoms with E-state index in [-0.39, 0.29) is 41.0 Å². The first-order valence-corrected chi connectivity index (χ1v) is 16.2. The maximum Gasteiger partial charge on any atom is 0.491 e. The first-order chi connectivity index (χ1) is 23.1. The molecule has 0 bridgehead atoms. The van der Waals surface area contributed by atoms with Gasteiger partial charge in [-0.15, -0.1) is 10.2 Å². The first-order valence-electron chi connectivity index (χ1n) is 16.2. The molecular formula is C34H38F4N6O4. The van der Waals surface area contributed by atoms with Gasteiger partial charge in [-0.05, 0) is 80.6 Å². The number of nitrogen functional groups attached to an aromatic ring is 1. The number of nitrogens with one attached hydrogen (secondary N) is 1. The molecule has 0 atom stereocenters. The molecule has 1 saturated carbocycles. The third-order valence-corrected chi connectivity index (χ3v) is 8.96. The Bertz CT molecular complexity index is 1600. The zero-order chi connectivity index (χ0) is 33.7. The molecule has 2 aromatic heterocycles. The Balaban J connectivity index is 1.02. The number of anilines is 1. The number of carbonyl (C=O) groups is 1. The molecule has 3 aliphatic rings. The standard InChI is InChI=1S/C34H38F4N6O4/c35-28(27-19-29(42-43-32(27)39)26-3-1-2-4-30(26)48-33(45)34(36,37)38)15-22-7-12-41-31(16-22)47-25-17-24(18-25)46-23-8-13-44(14-9-23)20-21-5-10-40-11-6-21/h1-4,7,12,15-16,19,21,23-25,40H,5-6,8-11,13-14,17-18,20H2,(H2,39,43). The van der Waals surface area contributed by atoms with E-state index in [1.807, 2.05) is 0 Å². The predicted octanol–water partition coefficient (Wildman–Crippen LogP) is 5.45. The fourth-order valence-electron chi connectivity index (χ4n) is 6.28. The molecule has 0 radical (unpaired) electrons. The van der Waals surface area contributed by atoms with E-state index in [4.69, 9.17) is 15.2 Å². The van der Waals surface area contributed by atoms with Gasteiger partial charge < -0.3 is 30.2 Å². The number of pyridine rings is 1. The average molecular weight is 671 g/mol. The molecule has 3 aromatic rings.